The fourth-order valence-electron chi connectivity index (χ4n) is 1.53. The van der Waals surface area contributed by atoms with Crippen molar-refractivity contribution in [3.05, 3.63) is 54.1 Å². The lowest BCUT2D eigenvalue weighted by molar-refractivity contribution is 1.18. The highest BCUT2D eigenvalue weighted by atomic mass is 79.9. The molecule has 1 heterocycles. The van der Waals surface area contributed by atoms with Gasteiger partial charge in [-0.15, -0.1) is 11.3 Å². The zero-order valence-corrected chi connectivity index (χ0v) is 14.3. The van der Waals surface area contributed by atoms with Gasteiger partial charge in [0.1, 0.15) is 4.34 Å². The van der Waals surface area contributed by atoms with Crippen molar-refractivity contribution in [2.75, 3.05) is 0 Å². The number of benzene rings is 1. The van der Waals surface area contributed by atoms with E-state index in [-0.39, 0.29) is 4.83 Å². The van der Waals surface area contributed by atoms with Crippen LogP contribution < -0.4 is 0 Å². The van der Waals surface area contributed by atoms with Gasteiger partial charge in [-0.05, 0) is 52.2 Å². The number of thiophene rings is 1. The maximum atomic E-state index is 6.06. The Hall–Kier alpha value is 0.460. The van der Waals surface area contributed by atoms with Crippen LogP contribution in [0.15, 0.2) is 28.7 Å². The molecule has 1 atom stereocenters. The van der Waals surface area contributed by atoms with Crippen LogP contribution in [0.25, 0.3) is 0 Å². The van der Waals surface area contributed by atoms with Crippen LogP contribution in [0.4, 0.5) is 0 Å². The monoisotopic (exact) mass is 412 g/mol. The third kappa shape index (κ3) is 3.07. The quantitative estimate of drug-likeness (QED) is 0.485. The standard InChI is InChI=1S/C12H8Br2Cl2S/c1-6-2-3-7(15)4-8(6)11(14)10-5-9(13)12(16)17-10/h2-5,11H,1H3. The molecule has 1 aromatic carbocycles. The summed E-state index contributed by atoms with van der Waals surface area (Å²) in [6.45, 7) is 2.07. The van der Waals surface area contributed by atoms with Gasteiger partial charge in [0.25, 0.3) is 0 Å². The Balaban J connectivity index is 2.42. The number of hydrogen-bond donors (Lipinski definition) is 0. The van der Waals surface area contributed by atoms with E-state index in [1.807, 2.05) is 24.3 Å². The first kappa shape index (κ1) is 13.9. The van der Waals surface area contributed by atoms with E-state index in [1.165, 1.54) is 11.1 Å². The average Bonchev–Trinajstić information content (AvgIpc) is 2.62. The minimum Gasteiger partial charge on any atom is -0.126 e. The fourth-order valence-corrected chi connectivity index (χ4v) is 4.35. The van der Waals surface area contributed by atoms with Crippen LogP contribution in [0.1, 0.15) is 20.8 Å². The van der Waals surface area contributed by atoms with Gasteiger partial charge in [-0.25, -0.2) is 0 Å². The Kier molecular flexibility index (Phi) is 4.59. The topological polar surface area (TPSA) is 0 Å². The van der Waals surface area contributed by atoms with E-state index in [0.717, 1.165) is 18.7 Å². The molecule has 0 radical (unpaired) electrons. The summed E-state index contributed by atoms with van der Waals surface area (Å²) < 4.78 is 1.70. The maximum Gasteiger partial charge on any atom is 0.107 e. The SMILES string of the molecule is Cc1ccc(Cl)cc1C(Br)c1cc(Br)c(Cl)s1. The first-order valence-electron chi connectivity index (χ1n) is 4.84. The van der Waals surface area contributed by atoms with E-state index in [2.05, 4.69) is 38.8 Å². The van der Waals surface area contributed by atoms with Crippen LogP contribution in [0.5, 0.6) is 0 Å². The molecule has 17 heavy (non-hydrogen) atoms. The van der Waals surface area contributed by atoms with Crippen molar-refractivity contribution in [1.82, 2.24) is 0 Å². The highest BCUT2D eigenvalue weighted by Crippen LogP contribution is 2.42. The van der Waals surface area contributed by atoms with Crippen molar-refractivity contribution in [3.8, 4) is 0 Å². The second-order valence-corrected chi connectivity index (χ2v) is 7.53. The Bertz CT molecular complexity index is 532. The van der Waals surface area contributed by atoms with Crippen LogP contribution in [-0.4, -0.2) is 0 Å². The van der Waals surface area contributed by atoms with E-state index in [1.54, 1.807) is 11.3 Å². The van der Waals surface area contributed by atoms with E-state index in [9.17, 15) is 0 Å². The van der Waals surface area contributed by atoms with Crippen molar-refractivity contribution in [1.29, 1.82) is 0 Å². The van der Waals surface area contributed by atoms with Gasteiger partial charge in [0, 0.05) is 14.4 Å². The summed E-state index contributed by atoms with van der Waals surface area (Å²) in [7, 11) is 0. The minimum atomic E-state index is 0.120. The Morgan fingerprint density at radius 1 is 1.24 bits per heavy atom. The highest BCUT2D eigenvalue weighted by Gasteiger charge is 2.17. The summed E-state index contributed by atoms with van der Waals surface area (Å²) >= 11 is 20.8. The zero-order valence-electron chi connectivity index (χ0n) is 8.81. The maximum absolute atomic E-state index is 6.06. The van der Waals surface area contributed by atoms with Gasteiger partial charge in [-0.1, -0.05) is 45.2 Å². The molecule has 0 nitrogen and oxygen atoms in total. The molecule has 0 bridgehead atoms. The third-order valence-electron chi connectivity index (χ3n) is 2.43. The van der Waals surface area contributed by atoms with Crippen LogP contribution in [0.3, 0.4) is 0 Å². The van der Waals surface area contributed by atoms with E-state index in [4.69, 9.17) is 23.2 Å². The summed E-state index contributed by atoms with van der Waals surface area (Å²) in [6, 6.07) is 7.94. The number of rotatable bonds is 2. The molecule has 0 aliphatic heterocycles. The van der Waals surface area contributed by atoms with Crippen molar-refractivity contribution in [3.63, 3.8) is 0 Å². The molecule has 0 amide bonds. The molecule has 1 unspecified atom stereocenters. The summed E-state index contributed by atoms with van der Waals surface area (Å²) in [6.07, 6.45) is 0. The molecule has 0 saturated heterocycles. The van der Waals surface area contributed by atoms with Gasteiger partial charge in [0.15, 0.2) is 0 Å². The molecule has 0 N–H and O–H groups in total. The summed E-state index contributed by atoms with van der Waals surface area (Å²) in [5.74, 6) is 0. The summed E-state index contributed by atoms with van der Waals surface area (Å²) in [5.41, 5.74) is 2.37. The predicted molar refractivity (Wildman–Crippen MR) is 84.0 cm³/mol. The molecule has 5 heteroatoms. The zero-order chi connectivity index (χ0) is 12.6. The highest BCUT2D eigenvalue weighted by molar-refractivity contribution is 9.10. The van der Waals surface area contributed by atoms with Gasteiger partial charge < -0.3 is 0 Å². The van der Waals surface area contributed by atoms with Crippen molar-refractivity contribution < 1.29 is 0 Å². The Labute approximate surface area is 131 Å². The molecule has 0 spiro atoms. The molecule has 1 aromatic heterocycles. The molecule has 0 fully saturated rings. The van der Waals surface area contributed by atoms with Crippen LogP contribution >= 0.6 is 66.4 Å². The lowest BCUT2D eigenvalue weighted by atomic mass is 10.1. The van der Waals surface area contributed by atoms with Crippen molar-refractivity contribution in [2.24, 2.45) is 0 Å². The number of alkyl halides is 1. The van der Waals surface area contributed by atoms with Gasteiger partial charge in [0.2, 0.25) is 0 Å². The molecule has 0 saturated carbocycles. The fraction of sp³-hybridized carbons (Fsp3) is 0.167. The molecular weight excluding hydrogens is 407 g/mol. The second-order valence-electron chi connectivity index (χ2n) is 3.63. The third-order valence-corrected chi connectivity index (χ3v) is 6.49. The van der Waals surface area contributed by atoms with Crippen LogP contribution in [0, 0.1) is 6.92 Å². The summed E-state index contributed by atoms with van der Waals surface area (Å²) in [5, 5.41) is 0.747. The van der Waals surface area contributed by atoms with Crippen molar-refractivity contribution >= 4 is 66.4 Å². The molecule has 0 aliphatic carbocycles. The predicted octanol–water partition coefficient (Wildman–Crippen LogP) is 6.61. The largest absolute Gasteiger partial charge is 0.126 e. The molecule has 90 valence electrons. The first-order valence-corrected chi connectivity index (χ1v) is 8.12. The van der Waals surface area contributed by atoms with Gasteiger partial charge in [-0.3, -0.25) is 0 Å². The average molecular weight is 415 g/mol. The number of aryl methyl sites for hydroxylation is 1. The second kappa shape index (κ2) is 5.62. The Morgan fingerprint density at radius 3 is 2.53 bits per heavy atom. The van der Waals surface area contributed by atoms with Gasteiger partial charge in [-0.2, -0.15) is 0 Å². The van der Waals surface area contributed by atoms with Crippen molar-refractivity contribution in [2.45, 2.75) is 11.8 Å². The minimum absolute atomic E-state index is 0.120. The van der Waals surface area contributed by atoms with Gasteiger partial charge in [0.05, 0.1) is 4.83 Å². The lowest BCUT2D eigenvalue weighted by Gasteiger charge is -2.11. The van der Waals surface area contributed by atoms with Crippen LogP contribution in [-0.2, 0) is 0 Å². The van der Waals surface area contributed by atoms with E-state index < -0.39 is 0 Å². The molecule has 0 aliphatic rings. The lowest BCUT2D eigenvalue weighted by Crippen LogP contribution is -1.93. The smallest absolute Gasteiger partial charge is 0.107 e. The van der Waals surface area contributed by atoms with E-state index in [0.29, 0.717) is 0 Å². The normalized spacial score (nSPS) is 12.8. The molecule has 2 rings (SSSR count). The first-order chi connectivity index (χ1) is 7.99. The van der Waals surface area contributed by atoms with E-state index >= 15 is 0 Å². The number of halogens is 4. The van der Waals surface area contributed by atoms with Crippen LogP contribution in [0.2, 0.25) is 9.36 Å². The molecular formula is C12H8Br2Cl2S. The van der Waals surface area contributed by atoms with Gasteiger partial charge >= 0.3 is 0 Å². The molecule has 2 aromatic rings. The number of hydrogen-bond acceptors (Lipinski definition) is 1. The Morgan fingerprint density at radius 2 is 1.94 bits per heavy atom. The summed E-state index contributed by atoms with van der Waals surface area (Å²) in [4.78, 5) is 1.28.